The molecule has 0 aromatic carbocycles. The van der Waals surface area contributed by atoms with Gasteiger partial charge in [0.15, 0.2) is 0 Å². The van der Waals surface area contributed by atoms with Crippen molar-refractivity contribution in [2.45, 2.75) is 38.1 Å². The fourth-order valence-electron chi connectivity index (χ4n) is 2.09. The number of ether oxygens (including phenoxy) is 1. The Kier molecular flexibility index (Phi) is 3.65. The smallest absolute Gasteiger partial charge is 0.330 e. The molecule has 3 atom stereocenters. The second-order valence-corrected chi connectivity index (χ2v) is 4.39. The first-order valence-corrected chi connectivity index (χ1v) is 5.93. The molecule has 1 aromatic rings. The zero-order valence-electron chi connectivity index (χ0n) is 10.1. The van der Waals surface area contributed by atoms with E-state index in [2.05, 4.69) is 4.98 Å². The van der Waals surface area contributed by atoms with Gasteiger partial charge in [0.05, 0.1) is 12.7 Å². The molecule has 0 bridgehead atoms. The molecule has 1 unspecified atom stereocenters. The van der Waals surface area contributed by atoms with Crippen LogP contribution in [0.2, 0.25) is 0 Å². The van der Waals surface area contributed by atoms with Crippen molar-refractivity contribution in [2.24, 2.45) is 5.73 Å². The van der Waals surface area contributed by atoms with E-state index in [0.717, 1.165) is 0 Å². The minimum Gasteiger partial charge on any atom is -0.394 e. The van der Waals surface area contributed by atoms with Gasteiger partial charge >= 0.3 is 5.69 Å². The quantitative estimate of drug-likeness (QED) is 0.622. The minimum atomic E-state index is -0.535. The summed E-state index contributed by atoms with van der Waals surface area (Å²) in [6, 6.07) is -0.316. The minimum absolute atomic E-state index is 0.184. The summed E-state index contributed by atoms with van der Waals surface area (Å²) in [5.41, 5.74) is 5.41. The van der Waals surface area contributed by atoms with Gasteiger partial charge in [-0.2, -0.15) is 0 Å². The Morgan fingerprint density at radius 3 is 2.89 bits per heavy atom. The summed E-state index contributed by atoms with van der Waals surface area (Å²) in [7, 11) is 0. The van der Waals surface area contributed by atoms with E-state index < -0.39 is 18.0 Å². The lowest BCUT2D eigenvalue weighted by Crippen LogP contribution is -2.34. The van der Waals surface area contributed by atoms with Gasteiger partial charge in [0.25, 0.3) is 5.56 Å². The lowest BCUT2D eigenvalue weighted by molar-refractivity contribution is -0.0272. The largest absolute Gasteiger partial charge is 0.394 e. The maximum Gasteiger partial charge on any atom is 0.330 e. The number of nitrogens with one attached hydrogen (secondary N) is 1. The van der Waals surface area contributed by atoms with Crippen molar-refractivity contribution in [3.05, 3.63) is 32.6 Å². The highest BCUT2D eigenvalue weighted by atomic mass is 16.5. The van der Waals surface area contributed by atoms with Crippen molar-refractivity contribution in [2.75, 3.05) is 6.61 Å². The molecule has 2 rings (SSSR count). The third-order valence-electron chi connectivity index (χ3n) is 3.20. The van der Waals surface area contributed by atoms with E-state index in [4.69, 9.17) is 15.6 Å². The highest BCUT2D eigenvalue weighted by Gasteiger charge is 2.33. The van der Waals surface area contributed by atoms with Crippen LogP contribution in [0.3, 0.4) is 0 Å². The Morgan fingerprint density at radius 2 is 2.33 bits per heavy atom. The van der Waals surface area contributed by atoms with Crippen LogP contribution in [0.5, 0.6) is 0 Å². The number of nitrogens with zero attached hydrogens (tertiary/aromatic N) is 1. The molecule has 0 radical (unpaired) electrons. The maximum atomic E-state index is 11.7. The van der Waals surface area contributed by atoms with E-state index >= 15 is 0 Å². The van der Waals surface area contributed by atoms with E-state index in [1.807, 2.05) is 6.92 Å². The van der Waals surface area contributed by atoms with Gasteiger partial charge in [-0.25, -0.2) is 4.79 Å². The van der Waals surface area contributed by atoms with Crippen LogP contribution in [0.25, 0.3) is 0 Å². The van der Waals surface area contributed by atoms with Crippen LogP contribution >= 0.6 is 0 Å². The molecule has 1 aromatic heterocycles. The summed E-state index contributed by atoms with van der Waals surface area (Å²) in [6.45, 7) is 1.65. The molecule has 0 aliphatic carbocycles. The number of hydrogen-bond acceptors (Lipinski definition) is 5. The van der Waals surface area contributed by atoms with E-state index in [-0.39, 0.29) is 18.2 Å². The molecule has 7 heteroatoms. The molecule has 7 nitrogen and oxygen atoms in total. The van der Waals surface area contributed by atoms with Crippen LogP contribution in [-0.2, 0) is 11.2 Å². The molecular formula is C11H17N3O4. The number of hydrogen-bond donors (Lipinski definition) is 3. The SMILES string of the molecule is CCc1cn(C2C[C@@H](N)[C@@H](CO)O2)c(=O)[nH]c1=O. The van der Waals surface area contributed by atoms with Crippen molar-refractivity contribution in [1.82, 2.24) is 9.55 Å². The van der Waals surface area contributed by atoms with Crippen LogP contribution in [0, 0.1) is 0 Å². The lowest BCUT2D eigenvalue weighted by Gasteiger charge is -2.15. The number of aliphatic hydroxyl groups excluding tert-OH is 1. The average molecular weight is 255 g/mol. The first-order valence-electron chi connectivity index (χ1n) is 5.93. The van der Waals surface area contributed by atoms with E-state index in [1.54, 1.807) is 0 Å². The molecule has 1 aliphatic heterocycles. The fraction of sp³-hybridized carbons (Fsp3) is 0.636. The molecule has 2 heterocycles. The molecule has 1 aliphatic rings. The summed E-state index contributed by atoms with van der Waals surface area (Å²) in [6.07, 6.45) is 1.45. The Morgan fingerprint density at radius 1 is 1.61 bits per heavy atom. The number of aromatic nitrogens is 2. The van der Waals surface area contributed by atoms with Crippen molar-refractivity contribution in [1.29, 1.82) is 0 Å². The highest BCUT2D eigenvalue weighted by molar-refractivity contribution is 5.05. The zero-order valence-corrected chi connectivity index (χ0v) is 10.1. The zero-order chi connectivity index (χ0) is 13.3. The van der Waals surface area contributed by atoms with E-state index in [1.165, 1.54) is 10.8 Å². The number of aryl methyl sites for hydroxylation is 1. The van der Waals surface area contributed by atoms with Crippen molar-refractivity contribution < 1.29 is 9.84 Å². The molecule has 4 N–H and O–H groups in total. The third kappa shape index (κ3) is 2.24. The number of aromatic amines is 1. The predicted molar refractivity (Wildman–Crippen MR) is 64.3 cm³/mol. The van der Waals surface area contributed by atoms with Crippen molar-refractivity contribution in [3.63, 3.8) is 0 Å². The maximum absolute atomic E-state index is 11.7. The summed E-state index contributed by atoms with van der Waals surface area (Å²) in [5, 5.41) is 9.07. The molecule has 100 valence electrons. The molecule has 1 fully saturated rings. The van der Waals surface area contributed by atoms with Crippen molar-refractivity contribution >= 4 is 0 Å². The second-order valence-electron chi connectivity index (χ2n) is 4.39. The fourth-order valence-corrected chi connectivity index (χ4v) is 2.09. The van der Waals surface area contributed by atoms with Gasteiger partial charge < -0.3 is 15.6 Å². The van der Waals surface area contributed by atoms with Gasteiger partial charge in [0.2, 0.25) is 0 Å². The molecule has 0 spiro atoms. The number of nitrogens with two attached hydrogens (primary N) is 1. The van der Waals surface area contributed by atoms with Gasteiger partial charge in [-0.1, -0.05) is 6.92 Å². The normalized spacial score (nSPS) is 27.6. The standard InChI is InChI=1S/C11H17N3O4/c1-2-6-4-14(11(17)13-10(6)16)9-3-7(12)8(5-15)18-9/h4,7-9,15H,2-3,5,12H2,1H3,(H,13,16,17)/t7-,8-,9?/m1/s1. The lowest BCUT2D eigenvalue weighted by atomic mass is 10.1. The summed E-state index contributed by atoms with van der Waals surface area (Å²) >= 11 is 0. The van der Waals surface area contributed by atoms with Gasteiger partial charge in [-0.3, -0.25) is 14.3 Å². The molecular weight excluding hydrogens is 238 g/mol. The van der Waals surface area contributed by atoms with Crippen LogP contribution < -0.4 is 17.0 Å². The number of aliphatic hydroxyl groups is 1. The topological polar surface area (TPSA) is 110 Å². The number of rotatable bonds is 3. The van der Waals surface area contributed by atoms with Gasteiger partial charge in [0.1, 0.15) is 6.23 Å². The highest BCUT2D eigenvalue weighted by Crippen LogP contribution is 2.25. The Labute approximate surface area is 103 Å². The molecule has 0 amide bonds. The summed E-state index contributed by atoms with van der Waals surface area (Å²) in [5.74, 6) is 0. The van der Waals surface area contributed by atoms with E-state index in [9.17, 15) is 9.59 Å². The molecule has 0 saturated carbocycles. The second kappa shape index (κ2) is 5.05. The van der Waals surface area contributed by atoms with Crippen LogP contribution in [-0.4, -0.2) is 33.4 Å². The van der Waals surface area contributed by atoms with Gasteiger partial charge in [0, 0.05) is 24.2 Å². The summed E-state index contributed by atoms with van der Waals surface area (Å²) in [4.78, 5) is 25.4. The first kappa shape index (κ1) is 13.0. The average Bonchev–Trinajstić information content (AvgIpc) is 2.70. The third-order valence-corrected chi connectivity index (χ3v) is 3.20. The van der Waals surface area contributed by atoms with Gasteiger partial charge in [-0.05, 0) is 6.42 Å². The van der Waals surface area contributed by atoms with Crippen LogP contribution in [0.4, 0.5) is 0 Å². The predicted octanol–water partition coefficient (Wildman–Crippen LogP) is -1.29. The Bertz CT molecular complexity index is 536. The first-order chi connectivity index (χ1) is 8.56. The van der Waals surface area contributed by atoms with Crippen molar-refractivity contribution in [3.8, 4) is 0 Å². The summed E-state index contributed by atoms with van der Waals surface area (Å²) < 4.78 is 6.82. The molecule has 1 saturated heterocycles. The van der Waals surface area contributed by atoms with Crippen LogP contribution in [0.15, 0.2) is 15.8 Å². The van der Waals surface area contributed by atoms with Crippen LogP contribution in [0.1, 0.15) is 25.1 Å². The Hall–Kier alpha value is -1.44. The van der Waals surface area contributed by atoms with E-state index in [0.29, 0.717) is 18.4 Å². The Balaban J connectivity index is 2.35. The number of H-pyrrole nitrogens is 1. The molecule has 18 heavy (non-hydrogen) atoms. The monoisotopic (exact) mass is 255 g/mol. The van der Waals surface area contributed by atoms with Gasteiger partial charge in [-0.15, -0.1) is 0 Å².